The van der Waals surface area contributed by atoms with Crippen LogP contribution in [-0.4, -0.2) is 30.1 Å². The molecule has 4 atom stereocenters. The van der Waals surface area contributed by atoms with Crippen molar-refractivity contribution in [3.63, 3.8) is 0 Å². The molecule has 1 aliphatic heterocycles. The van der Waals surface area contributed by atoms with Gasteiger partial charge in [-0.3, -0.25) is 4.90 Å². The molecule has 2 nitrogen and oxygen atoms in total. The predicted molar refractivity (Wildman–Crippen MR) is 74.0 cm³/mol. The Morgan fingerprint density at radius 2 is 2.06 bits per heavy atom. The maximum Gasteiger partial charge on any atom is 0.0249 e. The minimum Gasteiger partial charge on any atom is -0.329 e. The lowest BCUT2D eigenvalue weighted by Gasteiger charge is -2.40. The molecule has 4 unspecified atom stereocenters. The zero-order valence-electron chi connectivity index (χ0n) is 11.7. The number of nitrogens with two attached hydrogens (primary N) is 1. The summed E-state index contributed by atoms with van der Waals surface area (Å²) in [4.78, 5) is 2.75. The Bertz CT molecular complexity index is 229. The summed E-state index contributed by atoms with van der Waals surface area (Å²) in [5, 5.41) is 0. The van der Waals surface area contributed by atoms with Crippen molar-refractivity contribution in [2.24, 2.45) is 17.6 Å². The van der Waals surface area contributed by atoms with Gasteiger partial charge in [0.05, 0.1) is 0 Å². The first-order valence-electron chi connectivity index (χ1n) is 7.72. The summed E-state index contributed by atoms with van der Waals surface area (Å²) >= 11 is 0. The fourth-order valence-corrected chi connectivity index (χ4v) is 4.16. The molecule has 0 amide bonds. The second-order valence-electron chi connectivity index (χ2n) is 6.28. The normalized spacial score (nSPS) is 37.2. The maximum atomic E-state index is 6.10. The average molecular weight is 238 g/mol. The summed E-state index contributed by atoms with van der Waals surface area (Å²) in [6, 6.07) is 1.49. The molecular formula is C15H30N2. The zero-order chi connectivity index (χ0) is 12.3. The van der Waals surface area contributed by atoms with Crippen LogP contribution in [0.2, 0.25) is 0 Å². The predicted octanol–water partition coefficient (Wildman–Crippen LogP) is 3.01. The number of hydrogen-bond acceptors (Lipinski definition) is 2. The molecule has 1 saturated carbocycles. The molecule has 2 heteroatoms. The lowest BCUT2D eigenvalue weighted by molar-refractivity contribution is 0.0953. The van der Waals surface area contributed by atoms with Crippen LogP contribution in [-0.2, 0) is 0 Å². The highest BCUT2D eigenvalue weighted by molar-refractivity contribution is 4.90. The van der Waals surface area contributed by atoms with Crippen LogP contribution >= 0.6 is 0 Å². The molecule has 1 aliphatic carbocycles. The van der Waals surface area contributed by atoms with E-state index in [0.717, 1.165) is 24.4 Å². The highest BCUT2D eigenvalue weighted by atomic mass is 15.2. The summed E-state index contributed by atoms with van der Waals surface area (Å²) < 4.78 is 0. The van der Waals surface area contributed by atoms with Gasteiger partial charge in [0.25, 0.3) is 0 Å². The minimum atomic E-state index is 0.671. The Balaban J connectivity index is 1.99. The first-order chi connectivity index (χ1) is 8.26. The molecule has 0 aromatic rings. The van der Waals surface area contributed by atoms with Crippen molar-refractivity contribution in [2.75, 3.05) is 13.1 Å². The highest BCUT2D eigenvalue weighted by Gasteiger charge is 2.35. The van der Waals surface area contributed by atoms with Crippen LogP contribution in [0.4, 0.5) is 0 Å². The van der Waals surface area contributed by atoms with Gasteiger partial charge >= 0.3 is 0 Å². The quantitative estimate of drug-likeness (QED) is 0.816. The van der Waals surface area contributed by atoms with E-state index in [-0.39, 0.29) is 0 Å². The summed E-state index contributed by atoms with van der Waals surface area (Å²) in [7, 11) is 0. The Kier molecular flexibility index (Phi) is 4.87. The molecule has 100 valence electrons. The van der Waals surface area contributed by atoms with Gasteiger partial charge in [0.1, 0.15) is 0 Å². The Morgan fingerprint density at radius 3 is 2.71 bits per heavy atom. The van der Waals surface area contributed by atoms with E-state index in [1.807, 2.05) is 0 Å². The molecule has 2 aliphatic rings. The second-order valence-corrected chi connectivity index (χ2v) is 6.28. The first kappa shape index (κ1) is 13.4. The van der Waals surface area contributed by atoms with E-state index < -0.39 is 0 Å². The lowest BCUT2D eigenvalue weighted by Crippen LogP contribution is -2.48. The Labute approximate surface area is 107 Å². The third-order valence-electron chi connectivity index (χ3n) is 5.08. The molecular weight excluding hydrogens is 208 g/mol. The molecule has 17 heavy (non-hydrogen) atoms. The van der Waals surface area contributed by atoms with Crippen molar-refractivity contribution in [1.29, 1.82) is 0 Å². The van der Waals surface area contributed by atoms with E-state index in [4.69, 9.17) is 5.73 Å². The SMILES string of the molecule is CCC1CCCN1C(CN)C1CCCC(C)C1. The fraction of sp³-hybridized carbons (Fsp3) is 1.00. The van der Waals surface area contributed by atoms with Crippen molar-refractivity contribution in [3.8, 4) is 0 Å². The van der Waals surface area contributed by atoms with Crippen molar-refractivity contribution < 1.29 is 0 Å². The van der Waals surface area contributed by atoms with E-state index in [0.29, 0.717) is 6.04 Å². The van der Waals surface area contributed by atoms with Crippen LogP contribution in [0.25, 0.3) is 0 Å². The molecule has 0 spiro atoms. The van der Waals surface area contributed by atoms with Crippen molar-refractivity contribution >= 4 is 0 Å². The van der Waals surface area contributed by atoms with Gasteiger partial charge in [0.15, 0.2) is 0 Å². The van der Waals surface area contributed by atoms with Gasteiger partial charge in [0.2, 0.25) is 0 Å². The Hall–Kier alpha value is -0.0800. The Morgan fingerprint density at radius 1 is 1.24 bits per heavy atom. The molecule has 0 aromatic carbocycles. The van der Waals surface area contributed by atoms with Crippen molar-refractivity contribution in [3.05, 3.63) is 0 Å². The summed E-state index contributed by atoms with van der Waals surface area (Å²) in [6.07, 6.45) is 9.78. The summed E-state index contributed by atoms with van der Waals surface area (Å²) in [5.74, 6) is 1.79. The first-order valence-corrected chi connectivity index (χ1v) is 7.72. The topological polar surface area (TPSA) is 29.3 Å². The van der Waals surface area contributed by atoms with Crippen LogP contribution in [0.3, 0.4) is 0 Å². The largest absolute Gasteiger partial charge is 0.329 e. The molecule has 1 heterocycles. The van der Waals surface area contributed by atoms with Gasteiger partial charge in [-0.2, -0.15) is 0 Å². The van der Waals surface area contributed by atoms with Gasteiger partial charge in [-0.15, -0.1) is 0 Å². The summed E-state index contributed by atoms with van der Waals surface area (Å²) in [5.41, 5.74) is 6.10. The van der Waals surface area contributed by atoms with Gasteiger partial charge in [0, 0.05) is 18.6 Å². The van der Waals surface area contributed by atoms with Gasteiger partial charge in [-0.05, 0) is 50.5 Å². The van der Waals surface area contributed by atoms with Crippen LogP contribution < -0.4 is 5.73 Å². The summed E-state index contributed by atoms with van der Waals surface area (Å²) in [6.45, 7) is 6.92. The highest BCUT2D eigenvalue weighted by Crippen LogP contribution is 2.35. The molecule has 1 saturated heterocycles. The number of hydrogen-bond donors (Lipinski definition) is 1. The molecule has 2 fully saturated rings. The van der Waals surface area contributed by atoms with Crippen LogP contribution in [0.15, 0.2) is 0 Å². The molecule has 2 rings (SSSR count). The maximum absolute atomic E-state index is 6.10. The van der Waals surface area contributed by atoms with E-state index in [1.54, 1.807) is 0 Å². The van der Waals surface area contributed by atoms with Gasteiger partial charge in [-0.25, -0.2) is 0 Å². The second kappa shape index (κ2) is 6.19. The van der Waals surface area contributed by atoms with Gasteiger partial charge in [-0.1, -0.05) is 26.7 Å². The van der Waals surface area contributed by atoms with E-state index in [2.05, 4.69) is 18.7 Å². The third-order valence-corrected chi connectivity index (χ3v) is 5.08. The number of likely N-dealkylation sites (tertiary alicyclic amines) is 1. The van der Waals surface area contributed by atoms with Crippen LogP contribution in [0.5, 0.6) is 0 Å². The van der Waals surface area contributed by atoms with Crippen LogP contribution in [0.1, 0.15) is 58.8 Å². The number of rotatable bonds is 4. The standard InChI is InChI=1S/C15H30N2/c1-3-14-8-5-9-17(14)15(11-16)13-7-4-6-12(2)10-13/h12-15H,3-11,16H2,1-2H3. The molecule has 0 aromatic heterocycles. The minimum absolute atomic E-state index is 0.671. The molecule has 0 radical (unpaired) electrons. The molecule has 0 bridgehead atoms. The van der Waals surface area contributed by atoms with E-state index in [9.17, 15) is 0 Å². The zero-order valence-corrected chi connectivity index (χ0v) is 11.7. The fourth-order valence-electron chi connectivity index (χ4n) is 4.16. The monoisotopic (exact) mass is 238 g/mol. The van der Waals surface area contributed by atoms with Gasteiger partial charge < -0.3 is 5.73 Å². The van der Waals surface area contributed by atoms with Crippen molar-refractivity contribution in [1.82, 2.24) is 4.90 Å². The van der Waals surface area contributed by atoms with Crippen molar-refractivity contribution in [2.45, 2.75) is 70.9 Å². The van der Waals surface area contributed by atoms with Crippen LogP contribution in [0, 0.1) is 11.8 Å². The lowest BCUT2D eigenvalue weighted by atomic mass is 9.78. The van der Waals surface area contributed by atoms with E-state index in [1.165, 1.54) is 51.5 Å². The smallest absolute Gasteiger partial charge is 0.0249 e. The average Bonchev–Trinajstić information content (AvgIpc) is 2.78. The third kappa shape index (κ3) is 3.03. The number of nitrogens with zero attached hydrogens (tertiary/aromatic N) is 1. The van der Waals surface area contributed by atoms with E-state index >= 15 is 0 Å². The molecule has 2 N–H and O–H groups in total.